The molecule has 1 unspecified atom stereocenters. The van der Waals surface area contributed by atoms with E-state index in [1.54, 1.807) is 0 Å². The van der Waals surface area contributed by atoms with E-state index in [0.29, 0.717) is 23.6 Å². The number of nitrogens with one attached hydrogen (secondary N) is 1. The van der Waals surface area contributed by atoms with Crippen LogP contribution in [0.2, 0.25) is 5.02 Å². The van der Waals surface area contributed by atoms with Crippen LogP contribution < -0.4 is 26.1 Å². The van der Waals surface area contributed by atoms with Gasteiger partial charge in [-0.25, -0.2) is 24.1 Å². The molecule has 1 saturated heterocycles. The standard InChI is InChI=1S/C30H30ClN5O5/c1-17-11-18(2)13-19(12-17)26-27(40-10-7-20-5-3-4-8-34-20)21-14-25(41-29(38)23-6-9-33-16-35-23)22(31)15-24(21)36(28(26)37)30(32)39/h6,9,11-16,20,34H,3-5,7-8,10H2,1-2H3,(H2,32,39). The van der Waals surface area contributed by atoms with Crippen LogP contribution in [0.1, 0.15) is 47.3 Å². The first kappa shape index (κ1) is 28.3. The van der Waals surface area contributed by atoms with Crippen LogP contribution in [0, 0.1) is 13.8 Å². The van der Waals surface area contributed by atoms with Crippen LogP contribution in [-0.2, 0) is 0 Å². The number of carbonyl (C=O) groups is 2. The summed E-state index contributed by atoms with van der Waals surface area (Å²) in [4.78, 5) is 47.1. The van der Waals surface area contributed by atoms with Crippen LogP contribution in [0.4, 0.5) is 4.79 Å². The van der Waals surface area contributed by atoms with Crippen molar-refractivity contribution >= 4 is 34.5 Å². The number of halogens is 1. The first-order valence-electron chi connectivity index (χ1n) is 13.4. The SMILES string of the molecule is Cc1cc(C)cc(-c2c(OCCC3CCCCN3)c3cc(OC(=O)c4ccncn4)c(Cl)cc3n(C(N)=O)c2=O)c1. The van der Waals surface area contributed by atoms with Crippen LogP contribution in [0.5, 0.6) is 11.5 Å². The summed E-state index contributed by atoms with van der Waals surface area (Å²) < 4.78 is 12.8. The molecule has 1 amide bonds. The smallest absolute Gasteiger partial charge is 0.362 e. The van der Waals surface area contributed by atoms with Crippen molar-refractivity contribution in [2.45, 2.75) is 45.6 Å². The zero-order valence-corrected chi connectivity index (χ0v) is 23.5. The number of nitrogens with two attached hydrogens (primary N) is 1. The number of primary amides is 1. The normalized spacial score (nSPS) is 15.0. The van der Waals surface area contributed by atoms with E-state index < -0.39 is 17.6 Å². The highest BCUT2D eigenvalue weighted by molar-refractivity contribution is 6.33. The molecule has 0 radical (unpaired) electrons. The molecule has 2 aromatic carbocycles. The van der Waals surface area contributed by atoms with E-state index in [1.165, 1.54) is 30.7 Å². The van der Waals surface area contributed by atoms with Gasteiger partial charge >= 0.3 is 12.0 Å². The molecule has 41 heavy (non-hydrogen) atoms. The second-order valence-corrected chi connectivity index (χ2v) is 10.5. The van der Waals surface area contributed by atoms with Crippen LogP contribution in [0.3, 0.4) is 0 Å². The van der Waals surface area contributed by atoms with E-state index in [0.717, 1.165) is 47.9 Å². The van der Waals surface area contributed by atoms with E-state index >= 15 is 0 Å². The number of hydrogen-bond acceptors (Lipinski definition) is 8. The summed E-state index contributed by atoms with van der Waals surface area (Å²) in [7, 11) is 0. The topological polar surface area (TPSA) is 138 Å². The third kappa shape index (κ3) is 6.08. The van der Waals surface area contributed by atoms with Crippen molar-refractivity contribution in [2.75, 3.05) is 13.2 Å². The Bertz CT molecular complexity index is 1660. The third-order valence-electron chi connectivity index (χ3n) is 7.03. The van der Waals surface area contributed by atoms with Crippen LogP contribution in [-0.4, -0.2) is 45.7 Å². The molecule has 212 valence electrons. The summed E-state index contributed by atoms with van der Waals surface area (Å²) >= 11 is 6.49. The van der Waals surface area contributed by atoms with Crippen molar-refractivity contribution in [3.05, 3.63) is 81.1 Å². The number of benzene rings is 2. The molecule has 10 nitrogen and oxygen atoms in total. The predicted molar refractivity (Wildman–Crippen MR) is 156 cm³/mol. The van der Waals surface area contributed by atoms with E-state index in [1.807, 2.05) is 32.0 Å². The van der Waals surface area contributed by atoms with Crippen molar-refractivity contribution in [3.63, 3.8) is 0 Å². The first-order chi connectivity index (χ1) is 19.7. The second kappa shape index (κ2) is 12.1. The summed E-state index contributed by atoms with van der Waals surface area (Å²) in [5.74, 6) is -0.501. The monoisotopic (exact) mass is 575 g/mol. The maximum absolute atomic E-state index is 13.9. The average molecular weight is 576 g/mol. The number of fused-ring (bicyclic) bond motifs is 1. The molecule has 1 atom stereocenters. The Balaban J connectivity index is 1.69. The Morgan fingerprint density at radius 2 is 1.93 bits per heavy atom. The van der Waals surface area contributed by atoms with Crippen LogP contribution >= 0.6 is 11.6 Å². The first-order valence-corrected chi connectivity index (χ1v) is 13.8. The van der Waals surface area contributed by atoms with E-state index in [4.69, 9.17) is 26.8 Å². The minimum absolute atomic E-state index is 0.00242. The Morgan fingerprint density at radius 1 is 1.15 bits per heavy atom. The molecule has 1 aliphatic rings. The van der Waals surface area contributed by atoms with Gasteiger partial charge in [0, 0.05) is 17.6 Å². The number of aromatic nitrogens is 3. The molecule has 4 aromatic rings. The summed E-state index contributed by atoms with van der Waals surface area (Å²) in [6.07, 6.45) is 6.68. The summed E-state index contributed by atoms with van der Waals surface area (Å²) in [5.41, 5.74) is 7.85. The Labute approximate surface area is 241 Å². The maximum Gasteiger partial charge on any atom is 0.362 e. The molecule has 0 aliphatic carbocycles. The number of rotatable bonds is 7. The van der Waals surface area contributed by atoms with Gasteiger partial charge in [-0.3, -0.25) is 4.79 Å². The summed E-state index contributed by atoms with van der Waals surface area (Å²) in [6, 6.07) is 9.26. The molecule has 3 N–H and O–H groups in total. The van der Waals surface area contributed by atoms with Crippen molar-refractivity contribution < 1.29 is 19.1 Å². The van der Waals surface area contributed by atoms with Gasteiger partial charge in [0.15, 0.2) is 11.4 Å². The second-order valence-electron chi connectivity index (χ2n) is 10.1. The number of esters is 1. The van der Waals surface area contributed by atoms with Gasteiger partial charge in [0.2, 0.25) is 0 Å². The zero-order valence-electron chi connectivity index (χ0n) is 22.8. The Hall–Kier alpha value is -4.28. The molecular formula is C30H30ClN5O5. The molecule has 5 rings (SSSR count). The van der Waals surface area contributed by atoms with Crippen LogP contribution in [0.25, 0.3) is 22.0 Å². The minimum Gasteiger partial charge on any atom is -0.492 e. The number of amides is 1. The number of piperidine rings is 1. The van der Waals surface area contributed by atoms with Gasteiger partial charge in [-0.15, -0.1) is 0 Å². The lowest BCUT2D eigenvalue weighted by Crippen LogP contribution is -2.35. The van der Waals surface area contributed by atoms with Gasteiger partial charge in [-0.2, -0.15) is 0 Å². The minimum atomic E-state index is -0.981. The zero-order chi connectivity index (χ0) is 29.1. The highest BCUT2D eigenvalue weighted by atomic mass is 35.5. The van der Waals surface area contributed by atoms with Gasteiger partial charge in [-0.1, -0.05) is 47.3 Å². The number of carbonyl (C=O) groups excluding carboxylic acids is 2. The maximum atomic E-state index is 13.9. The van der Waals surface area contributed by atoms with Crippen molar-refractivity contribution in [2.24, 2.45) is 5.73 Å². The van der Waals surface area contributed by atoms with Gasteiger partial charge in [0.05, 0.1) is 22.7 Å². The molecule has 1 fully saturated rings. The quantitative estimate of drug-likeness (QED) is 0.237. The molecule has 0 bridgehead atoms. The number of ether oxygens (including phenoxy) is 2. The fraction of sp³-hybridized carbons (Fsp3) is 0.300. The third-order valence-corrected chi connectivity index (χ3v) is 7.32. The van der Waals surface area contributed by atoms with Gasteiger partial charge in [0.25, 0.3) is 5.56 Å². The number of pyridine rings is 1. The van der Waals surface area contributed by atoms with Gasteiger partial charge in [-0.05, 0) is 63.4 Å². The van der Waals surface area contributed by atoms with Crippen molar-refractivity contribution in [1.82, 2.24) is 19.9 Å². The Morgan fingerprint density at radius 3 is 2.59 bits per heavy atom. The number of aryl methyl sites for hydroxylation is 2. The molecule has 3 heterocycles. The van der Waals surface area contributed by atoms with E-state index in [-0.39, 0.29) is 33.3 Å². The van der Waals surface area contributed by atoms with Crippen molar-refractivity contribution in [1.29, 1.82) is 0 Å². The highest BCUT2D eigenvalue weighted by Crippen LogP contribution is 2.40. The van der Waals surface area contributed by atoms with Gasteiger partial charge in [0.1, 0.15) is 12.1 Å². The fourth-order valence-electron chi connectivity index (χ4n) is 5.22. The summed E-state index contributed by atoms with van der Waals surface area (Å²) in [5, 5.41) is 3.83. The van der Waals surface area contributed by atoms with E-state index in [9.17, 15) is 14.4 Å². The molecule has 11 heteroatoms. The van der Waals surface area contributed by atoms with E-state index in [2.05, 4.69) is 15.3 Å². The summed E-state index contributed by atoms with van der Waals surface area (Å²) in [6.45, 7) is 5.10. The molecular weight excluding hydrogens is 546 g/mol. The lowest BCUT2D eigenvalue weighted by molar-refractivity contribution is 0.0728. The average Bonchev–Trinajstić information content (AvgIpc) is 2.94. The molecule has 1 aliphatic heterocycles. The predicted octanol–water partition coefficient (Wildman–Crippen LogP) is 4.79. The molecule has 0 saturated carbocycles. The highest BCUT2D eigenvalue weighted by Gasteiger charge is 2.25. The van der Waals surface area contributed by atoms with Crippen LogP contribution in [0.15, 0.2) is 53.7 Å². The molecule has 2 aromatic heterocycles. The largest absolute Gasteiger partial charge is 0.492 e. The fourth-order valence-corrected chi connectivity index (χ4v) is 5.42. The number of hydrogen-bond donors (Lipinski definition) is 2. The number of nitrogens with zero attached hydrogens (tertiary/aromatic N) is 3. The lowest BCUT2D eigenvalue weighted by atomic mass is 9.98. The Kier molecular flexibility index (Phi) is 8.32. The van der Waals surface area contributed by atoms with Crippen molar-refractivity contribution in [3.8, 4) is 22.6 Å². The molecule has 0 spiro atoms. The van der Waals surface area contributed by atoms with Gasteiger partial charge < -0.3 is 20.5 Å². The lowest BCUT2D eigenvalue weighted by Gasteiger charge is -2.24.